The van der Waals surface area contributed by atoms with Gasteiger partial charge in [-0.15, -0.1) is 11.3 Å². The van der Waals surface area contributed by atoms with Crippen molar-refractivity contribution in [3.63, 3.8) is 0 Å². The van der Waals surface area contributed by atoms with Crippen LogP contribution >= 0.6 is 22.9 Å². The maximum absolute atomic E-state index is 6.37. The Kier molecular flexibility index (Phi) is 4.89. The van der Waals surface area contributed by atoms with Crippen LogP contribution in [0.1, 0.15) is 39.7 Å². The van der Waals surface area contributed by atoms with Crippen molar-refractivity contribution in [1.82, 2.24) is 15.1 Å². The number of thiophene rings is 1. The molecule has 2 heterocycles. The van der Waals surface area contributed by atoms with E-state index in [4.69, 9.17) is 11.6 Å². The molecule has 110 valence electrons. The highest BCUT2D eigenvalue weighted by Crippen LogP contribution is 2.31. The summed E-state index contributed by atoms with van der Waals surface area (Å²) >= 11 is 8.24. The molecule has 0 fully saturated rings. The fraction of sp³-hybridized carbons (Fsp3) is 0.533. The molecule has 5 heteroatoms. The van der Waals surface area contributed by atoms with Crippen LogP contribution in [0, 0.1) is 20.8 Å². The highest BCUT2D eigenvalue weighted by Gasteiger charge is 2.19. The molecule has 1 unspecified atom stereocenters. The van der Waals surface area contributed by atoms with E-state index in [0.29, 0.717) is 6.04 Å². The first kappa shape index (κ1) is 15.5. The van der Waals surface area contributed by atoms with Gasteiger partial charge >= 0.3 is 0 Å². The van der Waals surface area contributed by atoms with Gasteiger partial charge in [0.25, 0.3) is 0 Å². The van der Waals surface area contributed by atoms with Crippen LogP contribution in [-0.2, 0) is 13.5 Å². The number of hydrogen-bond donors (Lipinski definition) is 1. The number of nitrogens with zero attached hydrogens (tertiary/aromatic N) is 2. The normalized spacial score (nSPS) is 12.9. The zero-order valence-corrected chi connectivity index (χ0v) is 14.3. The van der Waals surface area contributed by atoms with E-state index < -0.39 is 0 Å². The maximum atomic E-state index is 6.37. The van der Waals surface area contributed by atoms with Gasteiger partial charge in [-0.3, -0.25) is 4.68 Å². The number of rotatable bonds is 5. The third-order valence-electron chi connectivity index (χ3n) is 3.64. The lowest BCUT2D eigenvalue weighted by Crippen LogP contribution is -2.23. The van der Waals surface area contributed by atoms with Gasteiger partial charge in [0.2, 0.25) is 0 Å². The minimum absolute atomic E-state index is 0.296. The number of likely N-dealkylation sites (N-methyl/N-ethyl adjacent to an activating group) is 1. The fourth-order valence-corrected chi connectivity index (χ4v) is 3.74. The molecule has 0 aromatic carbocycles. The van der Waals surface area contributed by atoms with Gasteiger partial charge in [0, 0.05) is 29.3 Å². The molecule has 3 nitrogen and oxygen atoms in total. The lowest BCUT2D eigenvalue weighted by molar-refractivity contribution is 0.536. The number of halogens is 1. The predicted molar refractivity (Wildman–Crippen MR) is 86.9 cm³/mol. The molecule has 1 atom stereocenters. The molecule has 0 aliphatic heterocycles. The average Bonchev–Trinajstić information content (AvgIpc) is 2.83. The maximum Gasteiger partial charge on any atom is 0.0847 e. The molecule has 0 aliphatic carbocycles. The zero-order valence-electron chi connectivity index (χ0n) is 12.7. The van der Waals surface area contributed by atoms with E-state index in [1.807, 2.05) is 30.0 Å². The molecule has 0 saturated carbocycles. The van der Waals surface area contributed by atoms with Gasteiger partial charge in [-0.25, -0.2) is 0 Å². The van der Waals surface area contributed by atoms with Crippen LogP contribution in [0.15, 0.2) is 6.07 Å². The fourth-order valence-electron chi connectivity index (χ4n) is 2.39. The first-order valence-electron chi connectivity index (χ1n) is 6.92. The lowest BCUT2D eigenvalue weighted by Gasteiger charge is -2.17. The minimum Gasteiger partial charge on any atom is -0.309 e. The van der Waals surface area contributed by atoms with Crippen LogP contribution in [0.25, 0.3) is 0 Å². The molecule has 1 N–H and O–H groups in total. The number of nitrogens with one attached hydrogen (secondary N) is 1. The monoisotopic (exact) mass is 311 g/mol. The Hall–Kier alpha value is -0.840. The molecular weight excluding hydrogens is 290 g/mol. The molecule has 0 spiro atoms. The van der Waals surface area contributed by atoms with Gasteiger partial charge in [-0.1, -0.05) is 18.5 Å². The van der Waals surface area contributed by atoms with Crippen molar-refractivity contribution in [3.05, 3.63) is 37.8 Å². The van der Waals surface area contributed by atoms with Gasteiger partial charge in [-0.2, -0.15) is 5.10 Å². The summed E-state index contributed by atoms with van der Waals surface area (Å²) < 4.78 is 1.90. The Balaban J connectivity index is 2.30. The highest BCUT2D eigenvalue weighted by atomic mass is 35.5. The van der Waals surface area contributed by atoms with Crippen molar-refractivity contribution < 1.29 is 0 Å². The summed E-state index contributed by atoms with van der Waals surface area (Å²) in [6.45, 7) is 9.37. The van der Waals surface area contributed by atoms with Crippen molar-refractivity contribution in [2.24, 2.45) is 7.05 Å². The molecule has 0 radical (unpaired) electrons. The Bertz CT molecular complexity index is 581. The predicted octanol–water partition coefficient (Wildman–Crippen LogP) is 3.95. The molecule has 0 aliphatic rings. The van der Waals surface area contributed by atoms with Crippen LogP contribution in [0.5, 0.6) is 0 Å². The van der Waals surface area contributed by atoms with E-state index in [2.05, 4.69) is 37.3 Å². The Morgan fingerprint density at radius 1 is 1.40 bits per heavy atom. The standard InChI is InChI=1S/C15H22ClN3S/c1-6-17-12(14-7-9(2)11(4)20-14)8-13-15(16)10(3)18-19(13)5/h7,12,17H,6,8H2,1-5H3. The van der Waals surface area contributed by atoms with Crippen molar-refractivity contribution in [2.75, 3.05) is 6.54 Å². The Morgan fingerprint density at radius 2 is 2.10 bits per heavy atom. The summed E-state index contributed by atoms with van der Waals surface area (Å²) in [4.78, 5) is 2.76. The summed E-state index contributed by atoms with van der Waals surface area (Å²) in [5.74, 6) is 0. The third kappa shape index (κ3) is 3.08. The van der Waals surface area contributed by atoms with Crippen molar-refractivity contribution in [3.8, 4) is 0 Å². The van der Waals surface area contributed by atoms with Crippen LogP contribution in [-0.4, -0.2) is 16.3 Å². The van der Waals surface area contributed by atoms with Crippen molar-refractivity contribution >= 4 is 22.9 Å². The minimum atomic E-state index is 0.296. The van der Waals surface area contributed by atoms with Gasteiger partial charge in [0.05, 0.1) is 16.4 Å². The average molecular weight is 312 g/mol. The van der Waals surface area contributed by atoms with E-state index in [1.165, 1.54) is 15.3 Å². The number of aryl methyl sites for hydroxylation is 4. The van der Waals surface area contributed by atoms with Gasteiger partial charge in [0.1, 0.15) is 0 Å². The quantitative estimate of drug-likeness (QED) is 0.906. The van der Waals surface area contributed by atoms with E-state index in [9.17, 15) is 0 Å². The van der Waals surface area contributed by atoms with Gasteiger partial charge < -0.3 is 5.32 Å². The molecule has 0 saturated heterocycles. The first-order valence-corrected chi connectivity index (χ1v) is 8.11. The van der Waals surface area contributed by atoms with E-state index in [0.717, 1.165) is 29.4 Å². The number of hydrogen-bond acceptors (Lipinski definition) is 3. The smallest absolute Gasteiger partial charge is 0.0847 e. The molecule has 2 aromatic rings. The van der Waals surface area contributed by atoms with Crippen LogP contribution in [0.4, 0.5) is 0 Å². The van der Waals surface area contributed by atoms with E-state index in [1.54, 1.807) is 0 Å². The zero-order chi connectivity index (χ0) is 14.9. The number of aromatic nitrogens is 2. The largest absolute Gasteiger partial charge is 0.309 e. The van der Waals surface area contributed by atoms with Crippen LogP contribution in [0.3, 0.4) is 0 Å². The summed E-state index contributed by atoms with van der Waals surface area (Å²) in [7, 11) is 1.96. The Labute approximate surface area is 130 Å². The SMILES string of the molecule is CCNC(Cc1c(Cl)c(C)nn1C)c1cc(C)c(C)s1. The molecule has 0 bridgehead atoms. The third-order valence-corrected chi connectivity index (χ3v) is 5.40. The lowest BCUT2D eigenvalue weighted by atomic mass is 10.1. The molecule has 2 aromatic heterocycles. The second-order valence-electron chi connectivity index (χ2n) is 5.17. The summed E-state index contributed by atoms with van der Waals surface area (Å²) in [6.07, 6.45) is 0.864. The topological polar surface area (TPSA) is 29.9 Å². The van der Waals surface area contributed by atoms with Gasteiger partial charge in [0.15, 0.2) is 0 Å². The molecule has 20 heavy (non-hydrogen) atoms. The second kappa shape index (κ2) is 6.29. The molecular formula is C15H22ClN3S. The summed E-state index contributed by atoms with van der Waals surface area (Å²) in [6, 6.07) is 2.58. The first-order chi connectivity index (χ1) is 9.43. The summed E-state index contributed by atoms with van der Waals surface area (Å²) in [5, 5.41) is 8.75. The summed E-state index contributed by atoms with van der Waals surface area (Å²) in [5.41, 5.74) is 3.36. The Morgan fingerprint density at radius 3 is 2.55 bits per heavy atom. The van der Waals surface area contributed by atoms with Crippen LogP contribution in [0.2, 0.25) is 5.02 Å². The molecule has 2 rings (SSSR count). The van der Waals surface area contributed by atoms with Crippen molar-refractivity contribution in [2.45, 2.75) is 40.2 Å². The van der Waals surface area contributed by atoms with E-state index >= 15 is 0 Å². The van der Waals surface area contributed by atoms with Crippen LogP contribution < -0.4 is 5.32 Å². The highest BCUT2D eigenvalue weighted by molar-refractivity contribution is 7.12. The molecule has 0 amide bonds. The van der Waals surface area contributed by atoms with E-state index in [-0.39, 0.29) is 0 Å². The second-order valence-corrected chi connectivity index (χ2v) is 6.84. The van der Waals surface area contributed by atoms with Crippen molar-refractivity contribution in [1.29, 1.82) is 0 Å². The van der Waals surface area contributed by atoms with Gasteiger partial charge in [-0.05, 0) is 38.9 Å².